The van der Waals surface area contributed by atoms with Crippen molar-refractivity contribution in [2.45, 2.75) is 20.0 Å². The summed E-state index contributed by atoms with van der Waals surface area (Å²) in [5.74, 6) is 1.46. The molecule has 0 spiro atoms. The van der Waals surface area contributed by atoms with Crippen molar-refractivity contribution in [1.82, 2.24) is 35.1 Å². The molecule has 1 aliphatic heterocycles. The number of hydrogen-bond donors (Lipinski definition) is 3. The van der Waals surface area contributed by atoms with Gasteiger partial charge in [0.15, 0.2) is 5.82 Å². The number of aryl methyl sites for hydroxylation is 1. The number of piperazine rings is 1. The molecule has 0 unspecified atom stereocenters. The summed E-state index contributed by atoms with van der Waals surface area (Å²) in [4.78, 5) is 34.8. The second-order valence-corrected chi connectivity index (χ2v) is 8.35. The number of nitrogens with one attached hydrogen (secondary N) is 2. The van der Waals surface area contributed by atoms with E-state index in [1.54, 1.807) is 30.1 Å². The second kappa shape index (κ2) is 9.52. The predicted molar refractivity (Wildman–Crippen MR) is 129 cm³/mol. The summed E-state index contributed by atoms with van der Waals surface area (Å²) in [5, 5.41) is 14.4. The van der Waals surface area contributed by atoms with Gasteiger partial charge in [0.1, 0.15) is 28.2 Å². The Kier molecular flexibility index (Phi) is 6.10. The summed E-state index contributed by atoms with van der Waals surface area (Å²) in [6.07, 6.45) is 1.62. The number of anilines is 2. The number of nitrogens with zero attached hydrogens (tertiary/aromatic N) is 6. The zero-order valence-corrected chi connectivity index (χ0v) is 19.8. The Labute approximate surface area is 205 Å². The maximum absolute atomic E-state index is 12.9. The summed E-state index contributed by atoms with van der Waals surface area (Å²) in [6.45, 7) is 3.46. The minimum absolute atomic E-state index is 0.0367. The van der Waals surface area contributed by atoms with Crippen LogP contribution in [0, 0.1) is 6.92 Å². The van der Waals surface area contributed by atoms with Crippen LogP contribution >= 0.6 is 0 Å². The van der Waals surface area contributed by atoms with Crippen LogP contribution in [0.3, 0.4) is 0 Å². The number of hydrogen-bond acceptors (Lipinski definition) is 10. The summed E-state index contributed by atoms with van der Waals surface area (Å²) < 4.78 is 12.4. The topological polar surface area (TPSA) is 166 Å². The van der Waals surface area contributed by atoms with Gasteiger partial charge in [-0.15, -0.1) is 0 Å². The van der Waals surface area contributed by atoms with Crippen molar-refractivity contribution in [3.05, 3.63) is 53.0 Å². The maximum Gasteiger partial charge on any atom is 0.254 e. The number of nitrogens with two attached hydrogens (primary N) is 1. The number of carbonyl (C=O) groups is 2. The van der Waals surface area contributed by atoms with Gasteiger partial charge in [-0.05, 0) is 19.1 Å². The molecule has 5 rings (SSSR count). The number of amides is 2. The van der Waals surface area contributed by atoms with Crippen LogP contribution in [0.5, 0.6) is 5.75 Å². The first kappa shape index (κ1) is 23.1. The third-order valence-electron chi connectivity index (χ3n) is 5.80. The SMILES string of the molecule is COc1cc(C(=O)N2CCNC(=O)C2)ccc1Cn1ncc2nc(N)nc(NCc3cc(C)on3)c21. The average molecular weight is 492 g/mol. The normalized spacial score (nSPS) is 13.6. The zero-order chi connectivity index (χ0) is 25.2. The minimum atomic E-state index is -0.224. The first-order valence-corrected chi connectivity index (χ1v) is 11.3. The highest BCUT2D eigenvalue weighted by atomic mass is 16.5. The van der Waals surface area contributed by atoms with Crippen LogP contribution in [0.1, 0.15) is 27.4 Å². The van der Waals surface area contributed by atoms with E-state index >= 15 is 0 Å². The Balaban J connectivity index is 1.41. The number of methoxy groups -OCH3 is 1. The zero-order valence-electron chi connectivity index (χ0n) is 19.8. The molecule has 4 N–H and O–H groups in total. The first-order chi connectivity index (χ1) is 17.4. The van der Waals surface area contributed by atoms with Crippen LogP contribution in [-0.2, 0) is 17.9 Å². The highest BCUT2D eigenvalue weighted by Gasteiger charge is 2.23. The molecule has 36 heavy (non-hydrogen) atoms. The standard InChI is InChI=1S/C23H25N9O4/c1-13-7-16(30-36-13)9-26-21-20-17(28-23(24)29-21)10-27-32(20)11-15-4-3-14(8-18(15)35-2)22(34)31-6-5-25-19(33)12-31/h3-4,7-8,10H,5-6,9,11-12H2,1-2H3,(H,25,33)(H3,24,26,28,29). The Hall–Kier alpha value is -4.68. The van der Waals surface area contributed by atoms with Gasteiger partial charge >= 0.3 is 0 Å². The monoisotopic (exact) mass is 491 g/mol. The first-order valence-electron chi connectivity index (χ1n) is 11.3. The molecule has 13 heteroatoms. The number of rotatable bonds is 7. The van der Waals surface area contributed by atoms with E-state index in [-0.39, 0.29) is 24.3 Å². The fourth-order valence-corrected chi connectivity index (χ4v) is 4.10. The van der Waals surface area contributed by atoms with Gasteiger partial charge in [0.25, 0.3) is 5.91 Å². The molecule has 0 saturated carbocycles. The largest absolute Gasteiger partial charge is 0.496 e. The molecule has 1 aliphatic rings. The summed E-state index contributed by atoms with van der Waals surface area (Å²) >= 11 is 0. The van der Waals surface area contributed by atoms with E-state index < -0.39 is 0 Å². The van der Waals surface area contributed by atoms with E-state index in [4.69, 9.17) is 15.0 Å². The molecule has 186 valence electrons. The molecule has 0 atom stereocenters. The molecule has 0 bridgehead atoms. The van der Waals surface area contributed by atoms with Crippen molar-refractivity contribution in [2.24, 2.45) is 0 Å². The maximum atomic E-state index is 12.9. The van der Waals surface area contributed by atoms with Crippen LogP contribution in [0.2, 0.25) is 0 Å². The molecule has 2 amide bonds. The van der Waals surface area contributed by atoms with Crippen molar-refractivity contribution in [3.63, 3.8) is 0 Å². The highest BCUT2D eigenvalue weighted by molar-refractivity contribution is 5.97. The Morgan fingerprint density at radius 1 is 1.31 bits per heavy atom. The number of ether oxygens (including phenoxy) is 1. The number of nitrogen functional groups attached to an aromatic ring is 1. The lowest BCUT2D eigenvalue weighted by molar-refractivity contribution is -0.123. The van der Waals surface area contributed by atoms with Gasteiger partial charge in [-0.2, -0.15) is 10.1 Å². The Morgan fingerprint density at radius 3 is 2.92 bits per heavy atom. The molecule has 1 saturated heterocycles. The molecule has 0 radical (unpaired) electrons. The molecular weight excluding hydrogens is 466 g/mol. The highest BCUT2D eigenvalue weighted by Crippen LogP contribution is 2.26. The smallest absolute Gasteiger partial charge is 0.254 e. The van der Waals surface area contributed by atoms with Crippen molar-refractivity contribution < 1.29 is 18.8 Å². The van der Waals surface area contributed by atoms with Crippen LogP contribution in [0.15, 0.2) is 35.0 Å². The van der Waals surface area contributed by atoms with Crippen molar-refractivity contribution in [2.75, 3.05) is 37.8 Å². The van der Waals surface area contributed by atoms with Gasteiger partial charge in [-0.25, -0.2) is 4.98 Å². The van der Waals surface area contributed by atoms with Gasteiger partial charge < -0.3 is 30.5 Å². The van der Waals surface area contributed by atoms with E-state index in [0.29, 0.717) is 60.1 Å². The van der Waals surface area contributed by atoms with E-state index in [1.165, 1.54) is 4.90 Å². The van der Waals surface area contributed by atoms with Crippen LogP contribution < -0.4 is 21.1 Å². The third kappa shape index (κ3) is 4.62. The number of fused-ring (bicyclic) bond motifs is 1. The molecular formula is C23H25N9O4. The third-order valence-corrected chi connectivity index (χ3v) is 5.80. The average Bonchev–Trinajstić information content (AvgIpc) is 3.48. The predicted octanol–water partition coefficient (Wildman–Crippen LogP) is 0.946. The lowest BCUT2D eigenvalue weighted by atomic mass is 10.1. The van der Waals surface area contributed by atoms with Gasteiger partial charge in [-0.1, -0.05) is 11.2 Å². The molecule has 4 heterocycles. The molecule has 0 aliphatic carbocycles. The van der Waals surface area contributed by atoms with Crippen molar-refractivity contribution in [1.29, 1.82) is 0 Å². The van der Waals surface area contributed by atoms with Crippen LogP contribution in [0.4, 0.5) is 11.8 Å². The second-order valence-electron chi connectivity index (χ2n) is 8.35. The lowest BCUT2D eigenvalue weighted by Gasteiger charge is -2.27. The van der Waals surface area contributed by atoms with Crippen LogP contribution in [-0.4, -0.2) is 68.4 Å². The van der Waals surface area contributed by atoms with E-state index in [2.05, 4.69) is 30.9 Å². The molecule has 1 aromatic carbocycles. The summed E-state index contributed by atoms with van der Waals surface area (Å²) in [6, 6.07) is 7.04. The van der Waals surface area contributed by atoms with Gasteiger partial charge in [-0.3, -0.25) is 14.3 Å². The number of carbonyl (C=O) groups excluding carboxylic acids is 2. The van der Waals surface area contributed by atoms with Gasteiger partial charge in [0, 0.05) is 30.3 Å². The number of aromatic nitrogens is 5. The van der Waals surface area contributed by atoms with Gasteiger partial charge in [0.05, 0.1) is 32.9 Å². The Morgan fingerprint density at radius 2 is 2.17 bits per heavy atom. The van der Waals surface area contributed by atoms with Crippen LogP contribution in [0.25, 0.3) is 11.0 Å². The fourth-order valence-electron chi connectivity index (χ4n) is 4.10. The summed E-state index contributed by atoms with van der Waals surface area (Å²) in [7, 11) is 1.54. The van der Waals surface area contributed by atoms with Gasteiger partial charge in [0.2, 0.25) is 11.9 Å². The lowest BCUT2D eigenvalue weighted by Crippen LogP contribution is -2.49. The Bertz CT molecular complexity index is 1440. The molecule has 1 fully saturated rings. The quantitative estimate of drug-likeness (QED) is 0.339. The van der Waals surface area contributed by atoms with E-state index in [1.807, 2.05) is 19.1 Å². The van der Waals surface area contributed by atoms with E-state index in [0.717, 1.165) is 11.3 Å². The number of benzene rings is 1. The summed E-state index contributed by atoms with van der Waals surface area (Å²) in [5.41, 5.74) is 9.10. The fraction of sp³-hybridized carbons (Fsp3) is 0.304. The molecule has 3 aromatic heterocycles. The minimum Gasteiger partial charge on any atom is -0.496 e. The van der Waals surface area contributed by atoms with Crippen molar-refractivity contribution in [3.8, 4) is 5.75 Å². The van der Waals surface area contributed by atoms with Crippen molar-refractivity contribution >= 4 is 34.6 Å². The molecule has 13 nitrogen and oxygen atoms in total. The van der Waals surface area contributed by atoms with E-state index in [9.17, 15) is 9.59 Å². The molecule has 4 aromatic rings.